The first-order valence-electron chi connectivity index (χ1n) is 6.84. The molecule has 0 saturated heterocycles. The van der Waals surface area contributed by atoms with Gasteiger partial charge in [-0.1, -0.05) is 11.6 Å². The lowest BCUT2D eigenvalue weighted by Crippen LogP contribution is -2.13. The van der Waals surface area contributed by atoms with Crippen LogP contribution < -0.4 is 5.32 Å². The number of rotatable bonds is 5. The van der Waals surface area contributed by atoms with Crippen molar-refractivity contribution in [3.05, 3.63) is 41.8 Å². The number of anilines is 1. The second-order valence-electron chi connectivity index (χ2n) is 5.12. The monoisotopic (exact) mass is 351 g/mol. The molecule has 0 aliphatic heterocycles. The normalized spacial score (nSPS) is 11.7. The largest absolute Gasteiger partial charge is 0.441 e. The summed E-state index contributed by atoms with van der Waals surface area (Å²) >= 11 is 6.08. The zero-order valence-electron chi connectivity index (χ0n) is 12.3. The fourth-order valence-corrected chi connectivity index (χ4v) is 2.79. The van der Waals surface area contributed by atoms with E-state index < -0.39 is 9.84 Å². The smallest absolute Gasteiger partial charge is 0.193 e. The van der Waals surface area contributed by atoms with E-state index in [2.05, 4.69) is 15.3 Å². The van der Waals surface area contributed by atoms with Crippen molar-refractivity contribution in [1.82, 2.24) is 9.97 Å². The van der Waals surface area contributed by atoms with Crippen LogP contribution in [0.4, 0.5) is 5.88 Å². The number of nitrogens with zero attached hydrogens (tertiary/aromatic N) is 2. The second kappa shape index (κ2) is 6.17. The van der Waals surface area contributed by atoms with Gasteiger partial charge >= 0.3 is 0 Å². The third kappa shape index (κ3) is 3.80. The zero-order valence-corrected chi connectivity index (χ0v) is 13.9. The van der Waals surface area contributed by atoms with Gasteiger partial charge in [0.25, 0.3) is 0 Å². The van der Waals surface area contributed by atoms with Crippen LogP contribution in [0.5, 0.6) is 0 Å². The minimum atomic E-state index is -3.00. The molecule has 23 heavy (non-hydrogen) atoms. The van der Waals surface area contributed by atoms with E-state index in [1.165, 1.54) is 12.6 Å². The highest BCUT2D eigenvalue weighted by Crippen LogP contribution is 2.29. The first-order valence-corrected chi connectivity index (χ1v) is 9.28. The lowest BCUT2D eigenvalue weighted by atomic mass is 10.1. The van der Waals surface area contributed by atoms with E-state index in [0.29, 0.717) is 23.3 Å². The van der Waals surface area contributed by atoms with Crippen molar-refractivity contribution in [1.29, 1.82) is 0 Å². The van der Waals surface area contributed by atoms with Crippen molar-refractivity contribution in [2.75, 3.05) is 23.9 Å². The van der Waals surface area contributed by atoms with Gasteiger partial charge in [0.2, 0.25) is 0 Å². The van der Waals surface area contributed by atoms with Gasteiger partial charge in [0.05, 0.1) is 11.3 Å². The minimum absolute atomic E-state index is 0.0476. The lowest BCUT2D eigenvalue weighted by molar-refractivity contribution is 0.592. The number of aromatic nitrogens is 2. The average Bonchev–Trinajstić information content (AvgIpc) is 2.95. The molecule has 2 aromatic heterocycles. The molecule has 1 N–H and O–H groups in total. The van der Waals surface area contributed by atoms with Crippen LogP contribution in [-0.4, -0.2) is 36.9 Å². The molecule has 1 aromatic carbocycles. The Morgan fingerprint density at radius 3 is 2.83 bits per heavy atom. The maximum absolute atomic E-state index is 11.1. The Balaban J connectivity index is 1.81. The summed E-state index contributed by atoms with van der Waals surface area (Å²) in [4.78, 5) is 8.12. The van der Waals surface area contributed by atoms with E-state index in [0.717, 1.165) is 16.5 Å². The number of benzene rings is 1. The van der Waals surface area contributed by atoms with E-state index in [-0.39, 0.29) is 5.75 Å². The molecule has 0 amide bonds. The summed E-state index contributed by atoms with van der Waals surface area (Å²) in [6.07, 6.45) is 2.62. The summed E-state index contributed by atoms with van der Waals surface area (Å²) in [6.45, 7) is 0.295. The number of nitrogens with one attached hydrogen (secondary N) is 1. The molecule has 6 nitrogen and oxygen atoms in total. The van der Waals surface area contributed by atoms with Gasteiger partial charge in [-0.05, 0) is 24.3 Å². The second-order valence-corrected chi connectivity index (χ2v) is 7.73. The molecule has 0 saturated carbocycles. The van der Waals surface area contributed by atoms with Crippen LogP contribution in [0.15, 0.2) is 41.1 Å². The van der Waals surface area contributed by atoms with Gasteiger partial charge in [0.15, 0.2) is 5.88 Å². The Kier molecular flexibility index (Phi) is 4.23. The molecular weight excluding hydrogens is 338 g/mol. The average molecular weight is 352 g/mol. The highest BCUT2D eigenvalue weighted by Gasteiger charge is 2.09. The summed E-state index contributed by atoms with van der Waals surface area (Å²) in [5.74, 6) is 1.21. The van der Waals surface area contributed by atoms with Gasteiger partial charge in [-0.3, -0.25) is 0 Å². The topological polar surface area (TPSA) is 85.1 Å². The van der Waals surface area contributed by atoms with Crippen LogP contribution in [0.1, 0.15) is 0 Å². The van der Waals surface area contributed by atoms with Crippen LogP contribution in [0.3, 0.4) is 0 Å². The highest BCUT2D eigenvalue weighted by atomic mass is 35.5. The lowest BCUT2D eigenvalue weighted by Gasteiger charge is -2.03. The van der Waals surface area contributed by atoms with E-state index in [1.807, 2.05) is 24.3 Å². The van der Waals surface area contributed by atoms with Crippen molar-refractivity contribution in [3.63, 3.8) is 0 Å². The molecule has 0 aliphatic rings. The minimum Gasteiger partial charge on any atom is -0.441 e. The number of furan rings is 1. The molecule has 0 aliphatic carbocycles. The van der Waals surface area contributed by atoms with Crippen molar-refractivity contribution in [2.45, 2.75) is 0 Å². The van der Waals surface area contributed by atoms with Gasteiger partial charge in [0.1, 0.15) is 27.1 Å². The Morgan fingerprint density at radius 2 is 2.04 bits per heavy atom. The van der Waals surface area contributed by atoms with E-state index in [9.17, 15) is 8.42 Å². The van der Waals surface area contributed by atoms with E-state index in [1.54, 1.807) is 6.07 Å². The van der Waals surface area contributed by atoms with Crippen molar-refractivity contribution in [2.24, 2.45) is 0 Å². The van der Waals surface area contributed by atoms with Crippen LogP contribution >= 0.6 is 11.6 Å². The molecule has 8 heteroatoms. The molecule has 2 heterocycles. The third-order valence-electron chi connectivity index (χ3n) is 3.25. The number of sulfone groups is 1. The fourth-order valence-electron chi connectivity index (χ4n) is 2.13. The van der Waals surface area contributed by atoms with Crippen LogP contribution in [0, 0.1) is 0 Å². The maximum Gasteiger partial charge on any atom is 0.193 e. The number of halogens is 1. The first-order chi connectivity index (χ1) is 10.9. The van der Waals surface area contributed by atoms with Gasteiger partial charge < -0.3 is 9.73 Å². The molecule has 0 radical (unpaired) electrons. The van der Waals surface area contributed by atoms with Crippen LogP contribution in [0.25, 0.3) is 22.2 Å². The Morgan fingerprint density at radius 1 is 1.22 bits per heavy atom. The SMILES string of the molecule is CS(=O)(=O)CCNc1ccc(-c2ccc3ncnc(Cl)c3c2)o1. The summed E-state index contributed by atoms with van der Waals surface area (Å²) in [5, 5.41) is 4.07. The maximum atomic E-state index is 11.1. The zero-order chi connectivity index (χ0) is 16.4. The van der Waals surface area contributed by atoms with Crippen molar-refractivity contribution < 1.29 is 12.8 Å². The summed E-state index contributed by atoms with van der Waals surface area (Å²) in [5.41, 5.74) is 1.59. The summed E-state index contributed by atoms with van der Waals surface area (Å²) in [6, 6.07) is 9.14. The first kappa shape index (κ1) is 15.8. The Hall–Kier alpha value is -2.12. The molecule has 0 fully saturated rings. The van der Waals surface area contributed by atoms with Gasteiger partial charge in [-0.2, -0.15) is 0 Å². The molecule has 0 bridgehead atoms. The number of hydrogen-bond acceptors (Lipinski definition) is 6. The van der Waals surface area contributed by atoms with Crippen molar-refractivity contribution >= 4 is 38.2 Å². The molecule has 120 valence electrons. The molecule has 0 atom stereocenters. The van der Waals surface area contributed by atoms with Crippen LogP contribution in [-0.2, 0) is 9.84 Å². The van der Waals surface area contributed by atoms with Crippen molar-refractivity contribution in [3.8, 4) is 11.3 Å². The number of hydrogen-bond donors (Lipinski definition) is 1. The van der Waals surface area contributed by atoms with Crippen LogP contribution in [0.2, 0.25) is 5.15 Å². The molecular formula is C15H14ClN3O3S. The molecule has 3 rings (SSSR count). The highest BCUT2D eigenvalue weighted by molar-refractivity contribution is 7.90. The predicted molar refractivity (Wildman–Crippen MR) is 90.5 cm³/mol. The number of fused-ring (bicyclic) bond motifs is 1. The van der Waals surface area contributed by atoms with Gasteiger partial charge in [-0.15, -0.1) is 0 Å². The summed E-state index contributed by atoms with van der Waals surface area (Å²) in [7, 11) is -3.00. The Labute approximate surface area is 138 Å². The summed E-state index contributed by atoms with van der Waals surface area (Å²) < 4.78 is 27.9. The predicted octanol–water partition coefficient (Wildman–Crippen LogP) is 3.00. The molecule has 0 spiro atoms. The molecule has 0 unspecified atom stereocenters. The van der Waals surface area contributed by atoms with E-state index in [4.69, 9.17) is 16.0 Å². The molecule has 3 aromatic rings. The quantitative estimate of drug-likeness (QED) is 0.711. The Bertz CT molecular complexity index is 954. The van der Waals surface area contributed by atoms with Gasteiger partial charge in [0, 0.05) is 29.8 Å². The van der Waals surface area contributed by atoms with Gasteiger partial charge in [-0.25, -0.2) is 18.4 Å². The van der Waals surface area contributed by atoms with E-state index >= 15 is 0 Å². The third-order valence-corrected chi connectivity index (χ3v) is 4.50. The standard InChI is InChI=1S/C15H14ClN3O3S/c1-23(20,21)7-6-17-14-5-4-13(22-14)10-2-3-12-11(8-10)15(16)19-9-18-12/h2-5,8-9,17H,6-7H2,1H3. The fraction of sp³-hybridized carbons (Fsp3) is 0.200.